The van der Waals surface area contributed by atoms with Crippen LogP contribution in [0, 0.1) is 5.92 Å². The van der Waals surface area contributed by atoms with Crippen molar-refractivity contribution < 1.29 is 4.74 Å². The highest BCUT2D eigenvalue weighted by Crippen LogP contribution is 2.31. The second-order valence-electron chi connectivity index (χ2n) is 5.47. The number of methoxy groups -OCH3 is 1. The highest BCUT2D eigenvalue weighted by atomic mass is 79.9. The third-order valence-corrected chi connectivity index (χ3v) is 4.93. The lowest BCUT2D eigenvalue weighted by molar-refractivity contribution is 0.184. The van der Waals surface area contributed by atoms with Gasteiger partial charge >= 0.3 is 0 Å². The van der Waals surface area contributed by atoms with Crippen molar-refractivity contribution in [3.63, 3.8) is 0 Å². The number of hydrogen-bond acceptors (Lipinski definition) is 2. The van der Waals surface area contributed by atoms with Gasteiger partial charge in [-0.25, -0.2) is 0 Å². The monoisotopic (exact) mass is 325 g/mol. The molecule has 1 aromatic carbocycles. The Morgan fingerprint density at radius 1 is 1.26 bits per heavy atom. The Kier molecular flexibility index (Phi) is 5.71. The van der Waals surface area contributed by atoms with Crippen LogP contribution in [0.1, 0.15) is 44.6 Å². The summed E-state index contributed by atoms with van der Waals surface area (Å²) in [6, 6.07) is 6.94. The van der Waals surface area contributed by atoms with Crippen LogP contribution in [-0.2, 0) is 11.3 Å². The summed E-state index contributed by atoms with van der Waals surface area (Å²) in [5.74, 6) is 0.944. The van der Waals surface area contributed by atoms with Crippen LogP contribution in [0.2, 0.25) is 0 Å². The molecule has 0 bridgehead atoms. The summed E-state index contributed by atoms with van der Waals surface area (Å²) in [5, 5.41) is 3.71. The van der Waals surface area contributed by atoms with E-state index in [1.165, 1.54) is 43.4 Å². The first-order valence-corrected chi connectivity index (χ1v) is 8.06. The molecular weight excluding hydrogens is 302 g/mol. The van der Waals surface area contributed by atoms with Gasteiger partial charge in [-0.15, -0.1) is 0 Å². The van der Waals surface area contributed by atoms with Crippen LogP contribution in [0.3, 0.4) is 0 Å². The van der Waals surface area contributed by atoms with E-state index >= 15 is 0 Å². The average Bonchev–Trinajstić information content (AvgIpc) is 2.43. The van der Waals surface area contributed by atoms with Crippen molar-refractivity contribution in [1.29, 1.82) is 0 Å². The normalized spacial score (nSPS) is 23.3. The molecule has 2 nitrogen and oxygen atoms in total. The van der Waals surface area contributed by atoms with Gasteiger partial charge < -0.3 is 10.1 Å². The van der Waals surface area contributed by atoms with Crippen LogP contribution in [0.5, 0.6) is 0 Å². The van der Waals surface area contributed by atoms with Crippen molar-refractivity contribution in [3.8, 4) is 0 Å². The van der Waals surface area contributed by atoms with Crippen LogP contribution >= 0.6 is 15.9 Å². The van der Waals surface area contributed by atoms with Crippen LogP contribution in [0.15, 0.2) is 22.7 Å². The summed E-state index contributed by atoms with van der Waals surface area (Å²) in [6.07, 6.45) is 6.64. The molecule has 3 heteroatoms. The SMILES string of the molecule is CCC1CCC(Nc2cccc(Br)c2COC)CC1. The van der Waals surface area contributed by atoms with Crippen LogP contribution in [0.25, 0.3) is 0 Å². The molecule has 1 saturated carbocycles. The van der Waals surface area contributed by atoms with E-state index in [-0.39, 0.29) is 0 Å². The third-order valence-electron chi connectivity index (χ3n) is 4.19. The largest absolute Gasteiger partial charge is 0.382 e. The Morgan fingerprint density at radius 3 is 2.63 bits per heavy atom. The third kappa shape index (κ3) is 3.96. The lowest BCUT2D eigenvalue weighted by atomic mass is 9.84. The van der Waals surface area contributed by atoms with E-state index in [4.69, 9.17) is 4.74 Å². The van der Waals surface area contributed by atoms with Gasteiger partial charge in [0.25, 0.3) is 0 Å². The number of rotatable bonds is 5. The van der Waals surface area contributed by atoms with Gasteiger partial charge in [0.05, 0.1) is 6.61 Å². The fourth-order valence-corrected chi connectivity index (χ4v) is 3.40. The average molecular weight is 326 g/mol. The predicted octanol–water partition coefficient (Wildman–Crippen LogP) is 4.98. The van der Waals surface area contributed by atoms with E-state index in [2.05, 4.69) is 46.4 Å². The van der Waals surface area contributed by atoms with Crippen molar-refractivity contribution in [1.82, 2.24) is 0 Å². The molecule has 0 unspecified atom stereocenters. The van der Waals surface area contributed by atoms with Gasteiger partial charge in [0.2, 0.25) is 0 Å². The highest BCUT2D eigenvalue weighted by molar-refractivity contribution is 9.10. The zero-order valence-electron chi connectivity index (χ0n) is 11.9. The first-order valence-electron chi connectivity index (χ1n) is 7.27. The van der Waals surface area contributed by atoms with Crippen LogP contribution in [-0.4, -0.2) is 13.2 Å². The van der Waals surface area contributed by atoms with E-state index < -0.39 is 0 Å². The van der Waals surface area contributed by atoms with Crippen molar-refractivity contribution in [2.75, 3.05) is 12.4 Å². The first kappa shape index (κ1) is 14.9. The van der Waals surface area contributed by atoms with E-state index in [1.807, 2.05) is 0 Å². The highest BCUT2D eigenvalue weighted by Gasteiger charge is 2.20. The molecule has 0 heterocycles. The van der Waals surface area contributed by atoms with E-state index in [9.17, 15) is 0 Å². The summed E-state index contributed by atoms with van der Waals surface area (Å²) in [4.78, 5) is 0. The van der Waals surface area contributed by atoms with E-state index in [0.717, 1.165) is 10.4 Å². The Bertz CT molecular complexity index is 400. The Hall–Kier alpha value is -0.540. The molecule has 1 aromatic rings. The summed E-state index contributed by atoms with van der Waals surface area (Å²) in [5.41, 5.74) is 2.44. The number of benzene rings is 1. The maximum atomic E-state index is 5.30. The summed E-state index contributed by atoms with van der Waals surface area (Å²) >= 11 is 3.61. The predicted molar refractivity (Wildman–Crippen MR) is 84.5 cm³/mol. The maximum absolute atomic E-state index is 5.30. The van der Waals surface area contributed by atoms with Gasteiger partial charge in [-0.1, -0.05) is 35.3 Å². The molecule has 0 radical (unpaired) electrons. The van der Waals surface area contributed by atoms with E-state index in [1.54, 1.807) is 7.11 Å². The Morgan fingerprint density at radius 2 is 2.00 bits per heavy atom. The fourth-order valence-electron chi connectivity index (χ4n) is 2.92. The van der Waals surface area contributed by atoms with Gasteiger partial charge in [0, 0.05) is 28.9 Å². The van der Waals surface area contributed by atoms with Crippen molar-refractivity contribution in [2.24, 2.45) is 5.92 Å². The smallest absolute Gasteiger partial charge is 0.0744 e. The molecule has 0 spiro atoms. The molecule has 0 amide bonds. The fraction of sp³-hybridized carbons (Fsp3) is 0.625. The molecule has 0 aliphatic heterocycles. The van der Waals surface area contributed by atoms with Gasteiger partial charge in [-0.3, -0.25) is 0 Å². The van der Waals surface area contributed by atoms with Gasteiger partial charge in [-0.2, -0.15) is 0 Å². The second-order valence-corrected chi connectivity index (χ2v) is 6.32. The minimum atomic E-state index is 0.618. The van der Waals surface area contributed by atoms with Gasteiger partial charge in [0.15, 0.2) is 0 Å². The number of nitrogens with one attached hydrogen (secondary N) is 1. The molecule has 0 atom stereocenters. The minimum absolute atomic E-state index is 0.618. The van der Waals surface area contributed by atoms with E-state index in [0.29, 0.717) is 12.6 Å². The minimum Gasteiger partial charge on any atom is -0.382 e. The van der Waals surface area contributed by atoms with Gasteiger partial charge in [-0.05, 0) is 43.7 Å². The number of ether oxygens (including phenoxy) is 1. The van der Waals surface area contributed by atoms with Crippen molar-refractivity contribution >= 4 is 21.6 Å². The summed E-state index contributed by atoms with van der Waals surface area (Å²) in [7, 11) is 1.75. The number of hydrogen-bond donors (Lipinski definition) is 1. The number of anilines is 1. The molecule has 1 aliphatic rings. The molecule has 106 valence electrons. The number of halogens is 1. The van der Waals surface area contributed by atoms with Crippen molar-refractivity contribution in [3.05, 3.63) is 28.2 Å². The van der Waals surface area contributed by atoms with Crippen LogP contribution in [0.4, 0.5) is 5.69 Å². The molecule has 1 fully saturated rings. The topological polar surface area (TPSA) is 21.3 Å². The molecule has 1 aliphatic carbocycles. The zero-order valence-corrected chi connectivity index (χ0v) is 13.5. The van der Waals surface area contributed by atoms with Crippen molar-refractivity contribution in [2.45, 2.75) is 51.7 Å². The standard InChI is InChI=1S/C16H24BrNO/c1-3-12-7-9-13(10-8-12)18-16-6-4-5-15(17)14(16)11-19-2/h4-6,12-13,18H,3,7-11H2,1-2H3. The quantitative estimate of drug-likeness (QED) is 0.824. The molecule has 1 N–H and O–H groups in total. The molecule has 0 aromatic heterocycles. The molecular formula is C16H24BrNO. The summed E-state index contributed by atoms with van der Waals surface area (Å²) < 4.78 is 6.43. The zero-order chi connectivity index (χ0) is 13.7. The van der Waals surface area contributed by atoms with Crippen LogP contribution < -0.4 is 5.32 Å². The van der Waals surface area contributed by atoms with Gasteiger partial charge in [0.1, 0.15) is 0 Å². The summed E-state index contributed by atoms with van der Waals surface area (Å²) in [6.45, 7) is 2.96. The second kappa shape index (κ2) is 7.30. The maximum Gasteiger partial charge on any atom is 0.0744 e. The molecule has 0 saturated heterocycles. The first-order chi connectivity index (χ1) is 9.24. The molecule has 2 rings (SSSR count). The lowest BCUT2D eigenvalue weighted by Gasteiger charge is -2.30. The Labute approximate surface area is 125 Å². The Balaban J connectivity index is 2.01. The lowest BCUT2D eigenvalue weighted by Crippen LogP contribution is -2.26. The molecule has 19 heavy (non-hydrogen) atoms.